The zero-order chi connectivity index (χ0) is 19.3. The van der Waals surface area contributed by atoms with E-state index in [0.29, 0.717) is 13.1 Å². The summed E-state index contributed by atoms with van der Waals surface area (Å²) in [4.78, 5) is 14.6. The zero-order valence-electron chi connectivity index (χ0n) is 15.5. The van der Waals surface area contributed by atoms with Gasteiger partial charge in [-0.15, -0.1) is 0 Å². The number of nitrogens with zero attached hydrogens (tertiary/aromatic N) is 3. The van der Waals surface area contributed by atoms with E-state index in [4.69, 9.17) is 5.73 Å². The predicted octanol–water partition coefficient (Wildman–Crippen LogP) is 3.99. The van der Waals surface area contributed by atoms with Gasteiger partial charge >= 0.3 is 6.03 Å². The molecule has 0 saturated carbocycles. The van der Waals surface area contributed by atoms with Crippen molar-refractivity contribution in [3.05, 3.63) is 108 Å². The van der Waals surface area contributed by atoms with Gasteiger partial charge in [-0.2, -0.15) is 10.1 Å². The van der Waals surface area contributed by atoms with Crippen LogP contribution in [0.25, 0.3) is 0 Å². The molecule has 0 radical (unpaired) electrons. The zero-order valence-corrected chi connectivity index (χ0v) is 15.5. The van der Waals surface area contributed by atoms with Crippen molar-refractivity contribution in [1.29, 1.82) is 0 Å². The van der Waals surface area contributed by atoms with Crippen molar-refractivity contribution >= 4 is 11.7 Å². The van der Waals surface area contributed by atoms with Crippen molar-refractivity contribution in [3.63, 3.8) is 0 Å². The molecule has 1 atom stereocenters. The Balaban J connectivity index is 1.77. The van der Waals surface area contributed by atoms with Crippen LogP contribution in [0.15, 0.2) is 96.1 Å². The summed E-state index contributed by atoms with van der Waals surface area (Å²) >= 11 is 0. The summed E-state index contributed by atoms with van der Waals surface area (Å²) in [7, 11) is 0. The number of nitrogens with two attached hydrogens (primary N) is 1. The summed E-state index contributed by atoms with van der Waals surface area (Å²) in [6.45, 7) is 1.29. The number of hydrazone groups is 1. The molecule has 2 N–H and O–H groups in total. The van der Waals surface area contributed by atoms with Gasteiger partial charge in [-0.3, -0.25) is 4.90 Å². The number of benzene rings is 3. The van der Waals surface area contributed by atoms with Gasteiger partial charge in [-0.1, -0.05) is 91.0 Å². The molecule has 0 bridgehead atoms. The minimum absolute atomic E-state index is 0.355. The molecule has 1 unspecified atom stereocenters. The number of carbonyl (C=O) groups excluding carboxylic acids is 1. The molecule has 0 saturated heterocycles. The lowest BCUT2D eigenvalue weighted by Gasteiger charge is -2.40. The van der Waals surface area contributed by atoms with E-state index in [1.54, 1.807) is 0 Å². The molecule has 3 aromatic rings. The fourth-order valence-corrected chi connectivity index (χ4v) is 3.54. The second kappa shape index (κ2) is 8.06. The molecule has 3 aromatic carbocycles. The van der Waals surface area contributed by atoms with E-state index in [9.17, 15) is 4.79 Å². The first-order valence-electron chi connectivity index (χ1n) is 9.27. The van der Waals surface area contributed by atoms with E-state index in [-0.39, 0.29) is 6.17 Å². The highest BCUT2D eigenvalue weighted by Crippen LogP contribution is 2.31. The van der Waals surface area contributed by atoms with Gasteiger partial charge in [0.2, 0.25) is 0 Å². The summed E-state index contributed by atoms with van der Waals surface area (Å²) in [5, 5.41) is 6.03. The molecule has 1 heterocycles. The Hall–Kier alpha value is -3.44. The van der Waals surface area contributed by atoms with Crippen molar-refractivity contribution in [2.45, 2.75) is 12.7 Å². The molecule has 0 aromatic heterocycles. The normalized spacial score (nSPS) is 17.2. The summed E-state index contributed by atoms with van der Waals surface area (Å²) in [6.07, 6.45) is -0.355. The van der Waals surface area contributed by atoms with Gasteiger partial charge in [0.15, 0.2) is 0 Å². The number of hydrogen-bond acceptors (Lipinski definition) is 3. The minimum atomic E-state index is -0.569. The third kappa shape index (κ3) is 3.80. The summed E-state index contributed by atoms with van der Waals surface area (Å²) in [5.74, 6) is 0. The topological polar surface area (TPSA) is 61.9 Å². The van der Waals surface area contributed by atoms with E-state index in [2.05, 4.69) is 22.1 Å². The molecular weight excluding hydrogens is 348 g/mol. The van der Waals surface area contributed by atoms with Crippen LogP contribution in [0.1, 0.15) is 22.9 Å². The van der Waals surface area contributed by atoms with Crippen LogP contribution >= 0.6 is 0 Å². The number of carbonyl (C=O) groups is 1. The fraction of sp³-hybridized carbons (Fsp3) is 0.130. The lowest BCUT2D eigenvalue weighted by molar-refractivity contribution is 0.0630. The van der Waals surface area contributed by atoms with Gasteiger partial charge < -0.3 is 5.73 Å². The van der Waals surface area contributed by atoms with Crippen molar-refractivity contribution in [3.8, 4) is 0 Å². The van der Waals surface area contributed by atoms with Gasteiger partial charge in [-0.05, 0) is 16.7 Å². The highest BCUT2D eigenvalue weighted by Gasteiger charge is 2.34. The van der Waals surface area contributed by atoms with Gasteiger partial charge in [0.05, 0.1) is 5.71 Å². The van der Waals surface area contributed by atoms with Gasteiger partial charge in [0.1, 0.15) is 6.17 Å². The molecule has 28 heavy (non-hydrogen) atoms. The molecule has 0 aliphatic carbocycles. The van der Waals surface area contributed by atoms with Gasteiger partial charge in [-0.25, -0.2) is 4.79 Å². The maximum atomic E-state index is 12.3. The molecule has 5 nitrogen and oxygen atoms in total. The Kier molecular flexibility index (Phi) is 5.17. The van der Waals surface area contributed by atoms with Crippen LogP contribution < -0.4 is 5.73 Å². The first-order chi connectivity index (χ1) is 13.7. The largest absolute Gasteiger partial charge is 0.350 e. The SMILES string of the molecule is NC(=O)N1N=C(c2ccccc2)CN(Cc2ccccc2)C1c1ccccc1. The lowest BCUT2D eigenvalue weighted by Crippen LogP contribution is -2.50. The molecule has 5 heteroatoms. The third-order valence-electron chi connectivity index (χ3n) is 4.82. The van der Waals surface area contributed by atoms with Crippen LogP contribution in [0, 0.1) is 0 Å². The number of primary amides is 1. The van der Waals surface area contributed by atoms with Crippen LogP contribution in [0.5, 0.6) is 0 Å². The van der Waals surface area contributed by atoms with Gasteiger partial charge in [0, 0.05) is 13.1 Å². The van der Waals surface area contributed by atoms with E-state index >= 15 is 0 Å². The first-order valence-corrected chi connectivity index (χ1v) is 9.27. The van der Waals surface area contributed by atoms with Crippen molar-refractivity contribution < 1.29 is 4.79 Å². The van der Waals surface area contributed by atoms with E-state index in [0.717, 1.165) is 16.8 Å². The maximum Gasteiger partial charge on any atom is 0.337 e. The summed E-state index contributed by atoms with van der Waals surface area (Å²) in [6, 6.07) is 29.5. The molecule has 0 fully saturated rings. The standard InChI is InChI=1S/C23H22N4O/c24-23(28)27-22(20-14-8-3-9-15-20)26(16-18-10-4-1-5-11-18)17-21(25-27)19-12-6-2-7-13-19/h1-15,22H,16-17H2,(H2,24,28). The van der Waals surface area contributed by atoms with Crippen LogP contribution in [-0.4, -0.2) is 28.2 Å². The Morgan fingerprint density at radius 3 is 2.07 bits per heavy atom. The Morgan fingerprint density at radius 1 is 0.893 bits per heavy atom. The monoisotopic (exact) mass is 370 g/mol. The predicted molar refractivity (Wildman–Crippen MR) is 110 cm³/mol. The lowest BCUT2D eigenvalue weighted by atomic mass is 10.0. The average Bonchev–Trinajstić information content (AvgIpc) is 2.75. The molecule has 4 rings (SSSR count). The van der Waals surface area contributed by atoms with Crippen LogP contribution in [0.3, 0.4) is 0 Å². The smallest absolute Gasteiger partial charge is 0.337 e. The number of urea groups is 1. The third-order valence-corrected chi connectivity index (χ3v) is 4.82. The number of rotatable bonds is 4. The van der Waals surface area contributed by atoms with E-state index < -0.39 is 6.03 Å². The Bertz CT molecular complexity index is 958. The van der Waals surface area contributed by atoms with Crippen molar-refractivity contribution in [1.82, 2.24) is 9.91 Å². The maximum absolute atomic E-state index is 12.3. The quantitative estimate of drug-likeness (QED) is 0.755. The molecule has 1 aliphatic heterocycles. The molecular formula is C23H22N4O. The number of hydrogen-bond donors (Lipinski definition) is 1. The molecule has 0 spiro atoms. The molecule has 1 aliphatic rings. The van der Waals surface area contributed by atoms with E-state index in [1.165, 1.54) is 10.6 Å². The summed E-state index contributed by atoms with van der Waals surface area (Å²) < 4.78 is 0. The minimum Gasteiger partial charge on any atom is -0.350 e. The van der Waals surface area contributed by atoms with Crippen LogP contribution in [0.4, 0.5) is 4.79 Å². The highest BCUT2D eigenvalue weighted by molar-refractivity contribution is 6.03. The summed E-state index contributed by atoms with van der Waals surface area (Å²) in [5.41, 5.74) is 9.70. The van der Waals surface area contributed by atoms with Crippen molar-refractivity contribution in [2.24, 2.45) is 10.8 Å². The fourth-order valence-electron chi connectivity index (χ4n) is 3.54. The molecule has 140 valence electrons. The Morgan fingerprint density at radius 2 is 1.46 bits per heavy atom. The second-order valence-corrected chi connectivity index (χ2v) is 6.77. The average molecular weight is 370 g/mol. The highest BCUT2D eigenvalue weighted by atomic mass is 16.2. The van der Waals surface area contributed by atoms with Crippen LogP contribution in [-0.2, 0) is 6.54 Å². The van der Waals surface area contributed by atoms with Crippen LogP contribution in [0.2, 0.25) is 0 Å². The second-order valence-electron chi connectivity index (χ2n) is 6.77. The molecule has 2 amide bonds. The van der Waals surface area contributed by atoms with Gasteiger partial charge in [0.25, 0.3) is 0 Å². The number of amides is 2. The first kappa shape index (κ1) is 17.9. The van der Waals surface area contributed by atoms with E-state index in [1.807, 2.05) is 78.9 Å². The Labute approximate surface area is 164 Å². The van der Waals surface area contributed by atoms with Crippen molar-refractivity contribution in [2.75, 3.05) is 6.54 Å².